The van der Waals surface area contributed by atoms with Crippen molar-refractivity contribution >= 4 is 0 Å². The van der Waals surface area contributed by atoms with Gasteiger partial charge in [0.15, 0.2) is 0 Å². The molecule has 120 valence electrons. The van der Waals surface area contributed by atoms with Crippen molar-refractivity contribution in [1.29, 1.82) is 0 Å². The number of hydrogen-bond acceptors (Lipinski definition) is 2. The molecule has 2 nitrogen and oxygen atoms in total. The Morgan fingerprint density at radius 2 is 1.80 bits per heavy atom. The monoisotopic (exact) mass is 294 g/mol. The number of halogens is 3. The van der Waals surface area contributed by atoms with E-state index in [4.69, 9.17) is 0 Å². The number of hydrogen-bond donors (Lipinski definition) is 1. The minimum absolute atomic E-state index is 0.00984. The van der Waals surface area contributed by atoms with Crippen LogP contribution in [0.1, 0.15) is 47.0 Å². The van der Waals surface area contributed by atoms with E-state index in [-0.39, 0.29) is 12.1 Å². The number of likely N-dealkylation sites (N-methyl/N-ethyl adjacent to an activating group) is 1. The Hall–Kier alpha value is -0.290. The summed E-state index contributed by atoms with van der Waals surface area (Å²) in [6.07, 6.45) is -1.11. The van der Waals surface area contributed by atoms with Crippen molar-refractivity contribution in [1.82, 2.24) is 10.2 Å². The highest BCUT2D eigenvalue weighted by molar-refractivity contribution is 4.94. The molecule has 0 bridgehead atoms. The molecule has 5 heteroatoms. The van der Waals surface area contributed by atoms with Gasteiger partial charge in [-0.05, 0) is 44.2 Å². The molecule has 4 atom stereocenters. The summed E-state index contributed by atoms with van der Waals surface area (Å²) in [6.45, 7) is 8.75. The smallest absolute Gasteiger partial charge is 0.312 e. The summed E-state index contributed by atoms with van der Waals surface area (Å²) in [4.78, 5) is 1.61. The summed E-state index contributed by atoms with van der Waals surface area (Å²) in [5.41, 5.74) is 0. The van der Waals surface area contributed by atoms with Crippen LogP contribution in [0.25, 0.3) is 0 Å². The first-order valence-corrected chi connectivity index (χ1v) is 7.82. The molecule has 4 unspecified atom stereocenters. The first kappa shape index (κ1) is 17.8. The van der Waals surface area contributed by atoms with Gasteiger partial charge in [0.2, 0.25) is 0 Å². The SMILES string of the molecule is CCCNC1CC(C)CC(C)C1N(CC)CC(F)(F)F. The summed E-state index contributed by atoms with van der Waals surface area (Å²) in [5, 5.41) is 3.47. The average Bonchev–Trinajstić information content (AvgIpc) is 2.32. The molecular formula is C15H29F3N2. The summed E-state index contributed by atoms with van der Waals surface area (Å²) in [5.74, 6) is 0.885. The second-order valence-electron chi connectivity index (χ2n) is 6.28. The number of nitrogens with zero attached hydrogens (tertiary/aromatic N) is 1. The van der Waals surface area contributed by atoms with Crippen molar-refractivity contribution < 1.29 is 13.2 Å². The van der Waals surface area contributed by atoms with Gasteiger partial charge in [-0.15, -0.1) is 0 Å². The van der Waals surface area contributed by atoms with E-state index in [0.717, 1.165) is 25.8 Å². The molecule has 0 radical (unpaired) electrons. The molecule has 0 aromatic heterocycles. The third-order valence-electron chi connectivity index (χ3n) is 4.29. The molecule has 1 aliphatic rings. The Labute approximate surface area is 121 Å². The van der Waals surface area contributed by atoms with Gasteiger partial charge in [-0.1, -0.05) is 27.7 Å². The predicted octanol–water partition coefficient (Wildman–Crippen LogP) is 3.67. The standard InChI is InChI=1S/C15H29F3N2/c1-5-7-19-13-9-11(3)8-12(4)14(13)20(6-2)10-15(16,17)18/h11-14,19H,5-10H2,1-4H3. The number of rotatable bonds is 6. The molecule has 1 N–H and O–H groups in total. The van der Waals surface area contributed by atoms with E-state index in [1.165, 1.54) is 0 Å². The van der Waals surface area contributed by atoms with E-state index in [0.29, 0.717) is 18.4 Å². The number of alkyl halides is 3. The van der Waals surface area contributed by atoms with Gasteiger partial charge < -0.3 is 5.32 Å². The van der Waals surface area contributed by atoms with E-state index >= 15 is 0 Å². The van der Waals surface area contributed by atoms with Crippen LogP contribution in [0.4, 0.5) is 13.2 Å². The topological polar surface area (TPSA) is 15.3 Å². The fourth-order valence-corrected chi connectivity index (χ4v) is 3.65. The fraction of sp³-hybridized carbons (Fsp3) is 1.00. The van der Waals surface area contributed by atoms with Crippen LogP contribution < -0.4 is 5.32 Å². The molecule has 1 rings (SSSR count). The van der Waals surface area contributed by atoms with Gasteiger partial charge in [0, 0.05) is 12.1 Å². The largest absolute Gasteiger partial charge is 0.401 e. The molecule has 0 spiro atoms. The highest BCUT2D eigenvalue weighted by atomic mass is 19.4. The van der Waals surface area contributed by atoms with Crippen LogP contribution in [0.3, 0.4) is 0 Å². The van der Waals surface area contributed by atoms with Gasteiger partial charge in [0.1, 0.15) is 0 Å². The Bertz CT molecular complexity index is 281. The van der Waals surface area contributed by atoms with E-state index in [1.807, 2.05) is 6.92 Å². The van der Waals surface area contributed by atoms with Gasteiger partial charge in [-0.2, -0.15) is 13.2 Å². The summed E-state index contributed by atoms with van der Waals surface area (Å²) in [7, 11) is 0. The number of nitrogens with one attached hydrogen (secondary N) is 1. The summed E-state index contributed by atoms with van der Waals surface area (Å²) >= 11 is 0. The Balaban J connectivity index is 2.82. The van der Waals surface area contributed by atoms with Gasteiger partial charge in [0.25, 0.3) is 0 Å². The molecular weight excluding hydrogens is 265 g/mol. The molecule has 0 aliphatic heterocycles. The van der Waals surface area contributed by atoms with Crippen LogP contribution in [-0.2, 0) is 0 Å². The van der Waals surface area contributed by atoms with E-state index in [1.54, 1.807) is 4.90 Å². The second kappa shape index (κ2) is 7.64. The van der Waals surface area contributed by atoms with Crippen molar-refractivity contribution in [2.75, 3.05) is 19.6 Å². The maximum absolute atomic E-state index is 12.8. The van der Waals surface area contributed by atoms with E-state index in [9.17, 15) is 13.2 Å². The van der Waals surface area contributed by atoms with Crippen LogP contribution in [0.2, 0.25) is 0 Å². The van der Waals surface area contributed by atoms with Crippen molar-refractivity contribution in [2.45, 2.75) is 65.2 Å². The maximum atomic E-state index is 12.8. The zero-order valence-electron chi connectivity index (χ0n) is 13.1. The lowest BCUT2D eigenvalue weighted by Crippen LogP contribution is -2.58. The van der Waals surface area contributed by atoms with Crippen molar-refractivity contribution in [3.05, 3.63) is 0 Å². The molecule has 0 saturated heterocycles. The average molecular weight is 294 g/mol. The highest BCUT2D eigenvalue weighted by Gasteiger charge is 2.41. The minimum Gasteiger partial charge on any atom is -0.312 e. The van der Waals surface area contributed by atoms with Gasteiger partial charge in [-0.25, -0.2) is 0 Å². The van der Waals surface area contributed by atoms with Crippen molar-refractivity contribution in [2.24, 2.45) is 11.8 Å². The lowest BCUT2D eigenvalue weighted by Gasteiger charge is -2.46. The normalized spacial score (nSPS) is 31.8. The third-order valence-corrected chi connectivity index (χ3v) is 4.29. The predicted molar refractivity (Wildman–Crippen MR) is 76.7 cm³/mol. The molecule has 20 heavy (non-hydrogen) atoms. The Kier molecular flexibility index (Phi) is 6.79. The Morgan fingerprint density at radius 1 is 1.15 bits per heavy atom. The molecule has 1 fully saturated rings. The van der Waals surface area contributed by atoms with Crippen LogP contribution in [0.5, 0.6) is 0 Å². The van der Waals surface area contributed by atoms with Crippen LogP contribution in [-0.4, -0.2) is 42.8 Å². The third kappa shape index (κ3) is 5.24. The zero-order chi connectivity index (χ0) is 15.3. The van der Waals surface area contributed by atoms with Gasteiger partial charge in [-0.3, -0.25) is 4.90 Å². The summed E-state index contributed by atoms with van der Waals surface area (Å²) in [6, 6.07) is 0.167. The van der Waals surface area contributed by atoms with E-state index < -0.39 is 12.7 Å². The lowest BCUT2D eigenvalue weighted by atomic mass is 9.75. The molecule has 0 aromatic carbocycles. The molecule has 0 aromatic rings. The molecule has 1 saturated carbocycles. The maximum Gasteiger partial charge on any atom is 0.401 e. The second-order valence-corrected chi connectivity index (χ2v) is 6.28. The quantitative estimate of drug-likeness (QED) is 0.804. The summed E-state index contributed by atoms with van der Waals surface area (Å²) < 4.78 is 38.3. The van der Waals surface area contributed by atoms with Gasteiger partial charge >= 0.3 is 6.18 Å². The molecule has 1 aliphatic carbocycles. The first-order valence-electron chi connectivity index (χ1n) is 7.82. The van der Waals surface area contributed by atoms with Crippen LogP contribution in [0.15, 0.2) is 0 Å². The fourth-order valence-electron chi connectivity index (χ4n) is 3.65. The highest BCUT2D eigenvalue weighted by Crippen LogP contribution is 2.33. The molecule has 0 amide bonds. The lowest BCUT2D eigenvalue weighted by molar-refractivity contribution is -0.156. The molecule has 0 heterocycles. The van der Waals surface area contributed by atoms with Crippen LogP contribution in [0, 0.1) is 11.8 Å². The minimum atomic E-state index is -4.12. The van der Waals surface area contributed by atoms with Crippen molar-refractivity contribution in [3.8, 4) is 0 Å². The van der Waals surface area contributed by atoms with Gasteiger partial charge in [0.05, 0.1) is 6.54 Å². The van der Waals surface area contributed by atoms with E-state index in [2.05, 4.69) is 26.1 Å². The Morgan fingerprint density at radius 3 is 2.30 bits per heavy atom. The zero-order valence-corrected chi connectivity index (χ0v) is 13.1. The van der Waals surface area contributed by atoms with Crippen molar-refractivity contribution in [3.63, 3.8) is 0 Å². The van der Waals surface area contributed by atoms with Crippen LogP contribution >= 0.6 is 0 Å². The first-order chi connectivity index (χ1) is 9.28.